The second kappa shape index (κ2) is 10.7. The summed E-state index contributed by atoms with van der Waals surface area (Å²) in [6, 6.07) is 22.5. The number of aromatic nitrogens is 5. The third kappa shape index (κ3) is 5.09. The fraction of sp³-hybridized carbons (Fsp3) is 0.0769. The highest BCUT2D eigenvalue weighted by atomic mass is 19.1. The average Bonchev–Trinajstić information content (AvgIpc) is 3.58. The zero-order valence-electron chi connectivity index (χ0n) is 20.1. The molecule has 2 aromatic heterocycles. The molecular formula is C26H21FN8O3. The smallest absolute Gasteiger partial charge is 0.292 e. The van der Waals surface area contributed by atoms with Gasteiger partial charge in [-0.1, -0.05) is 53.7 Å². The van der Waals surface area contributed by atoms with Crippen molar-refractivity contribution in [1.29, 1.82) is 0 Å². The number of benzene rings is 3. The standard InChI is InChI=1S/C26H21FN8O3/c1-16(17-11-13-20(14-12-17)37-15-19-9-5-6-10-21(19)27)29-31-26(36)23-22(18-7-3-2-4-8-18)30-34-35(23)25-24(28)32-38-33-25/h2-14H,15H2,1H3,(H2,28,32)(H,31,36). The van der Waals surface area contributed by atoms with Crippen LogP contribution in [0.15, 0.2) is 88.6 Å². The molecular weight excluding hydrogens is 491 g/mol. The summed E-state index contributed by atoms with van der Waals surface area (Å²) >= 11 is 0. The van der Waals surface area contributed by atoms with Gasteiger partial charge in [0.05, 0.1) is 5.71 Å². The normalized spacial score (nSPS) is 11.4. The Bertz CT molecular complexity index is 1600. The van der Waals surface area contributed by atoms with Gasteiger partial charge in [0.15, 0.2) is 5.69 Å². The average molecular weight is 513 g/mol. The summed E-state index contributed by atoms with van der Waals surface area (Å²) in [4.78, 5) is 13.3. The Kier molecular flexibility index (Phi) is 6.85. The predicted octanol–water partition coefficient (Wildman–Crippen LogP) is 3.77. The molecule has 0 unspecified atom stereocenters. The molecule has 5 rings (SSSR count). The number of anilines is 1. The van der Waals surface area contributed by atoms with E-state index in [-0.39, 0.29) is 29.8 Å². The van der Waals surface area contributed by atoms with Crippen LogP contribution in [-0.2, 0) is 6.61 Å². The lowest BCUT2D eigenvalue weighted by atomic mass is 10.1. The summed E-state index contributed by atoms with van der Waals surface area (Å²) in [7, 11) is 0. The Labute approximate surface area is 215 Å². The van der Waals surface area contributed by atoms with Gasteiger partial charge in [-0.25, -0.2) is 14.4 Å². The highest BCUT2D eigenvalue weighted by molar-refractivity contribution is 6.02. The van der Waals surface area contributed by atoms with Crippen molar-refractivity contribution in [3.8, 4) is 22.8 Å². The van der Waals surface area contributed by atoms with Crippen molar-refractivity contribution in [2.75, 3.05) is 5.73 Å². The number of hydrogen-bond donors (Lipinski definition) is 2. The minimum atomic E-state index is -0.597. The van der Waals surface area contributed by atoms with Gasteiger partial charge in [0.1, 0.15) is 23.9 Å². The molecule has 3 N–H and O–H groups in total. The van der Waals surface area contributed by atoms with Crippen LogP contribution < -0.4 is 15.9 Å². The highest BCUT2D eigenvalue weighted by Gasteiger charge is 2.26. The van der Waals surface area contributed by atoms with Crippen LogP contribution in [0.2, 0.25) is 0 Å². The number of nitrogen functional groups attached to an aromatic ring is 1. The maximum Gasteiger partial charge on any atom is 0.292 e. The van der Waals surface area contributed by atoms with E-state index in [4.69, 9.17) is 10.5 Å². The van der Waals surface area contributed by atoms with E-state index in [0.29, 0.717) is 28.3 Å². The van der Waals surface area contributed by atoms with E-state index in [1.807, 2.05) is 18.2 Å². The molecule has 0 radical (unpaired) electrons. The molecule has 5 aromatic rings. The van der Waals surface area contributed by atoms with Gasteiger partial charge in [0.25, 0.3) is 5.91 Å². The van der Waals surface area contributed by atoms with Crippen molar-refractivity contribution < 1.29 is 18.6 Å². The molecule has 0 spiro atoms. The molecule has 0 atom stereocenters. The summed E-state index contributed by atoms with van der Waals surface area (Å²) in [5, 5.41) is 19.7. The van der Waals surface area contributed by atoms with E-state index < -0.39 is 5.91 Å². The number of nitrogens with zero attached hydrogens (tertiary/aromatic N) is 6. The third-order valence-corrected chi connectivity index (χ3v) is 5.58. The van der Waals surface area contributed by atoms with Crippen LogP contribution >= 0.6 is 0 Å². The minimum absolute atomic E-state index is 0.0245. The third-order valence-electron chi connectivity index (χ3n) is 5.58. The number of hydrazone groups is 1. The molecule has 0 saturated heterocycles. The largest absolute Gasteiger partial charge is 0.489 e. The SMILES string of the molecule is CC(=NNC(=O)c1c(-c2ccccc2)nnn1-c1nonc1N)c1ccc(OCc2ccccc2F)cc1. The van der Waals surface area contributed by atoms with Crippen LogP contribution in [0.3, 0.4) is 0 Å². The van der Waals surface area contributed by atoms with Crippen molar-refractivity contribution in [1.82, 2.24) is 30.7 Å². The van der Waals surface area contributed by atoms with Crippen molar-refractivity contribution in [3.05, 3.63) is 102 Å². The Morgan fingerprint density at radius 1 is 1.05 bits per heavy atom. The zero-order valence-corrected chi connectivity index (χ0v) is 20.1. The van der Waals surface area contributed by atoms with E-state index in [9.17, 15) is 9.18 Å². The van der Waals surface area contributed by atoms with Crippen molar-refractivity contribution in [2.45, 2.75) is 13.5 Å². The van der Waals surface area contributed by atoms with Gasteiger partial charge < -0.3 is 10.5 Å². The Balaban J connectivity index is 1.34. The number of ether oxygens (including phenoxy) is 1. The summed E-state index contributed by atoms with van der Waals surface area (Å²) in [5.41, 5.74) is 11.1. The first-order chi connectivity index (χ1) is 18.5. The van der Waals surface area contributed by atoms with E-state index in [1.54, 1.807) is 61.5 Å². The monoisotopic (exact) mass is 512 g/mol. The molecule has 0 aliphatic heterocycles. The van der Waals surface area contributed by atoms with Crippen LogP contribution in [0.25, 0.3) is 17.1 Å². The van der Waals surface area contributed by atoms with Gasteiger partial charge in [-0.05, 0) is 53.1 Å². The lowest BCUT2D eigenvalue weighted by Gasteiger charge is -2.09. The van der Waals surface area contributed by atoms with Crippen LogP contribution in [0.4, 0.5) is 10.2 Å². The zero-order chi connectivity index (χ0) is 26.5. The van der Waals surface area contributed by atoms with Gasteiger partial charge >= 0.3 is 0 Å². The molecule has 0 bridgehead atoms. The Hall–Kier alpha value is -5.39. The fourth-order valence-corrected chi connectivity index (χ4v) is 3.58. The number of amides is 1. The first-order valence-corrected chi connectivity index (χ1v) is 11.4. The predicted molar refractivity (Wildman–Crippen MR) is 136 cm³/mol. The second-order valence-electron chi connectivity index (χ2n) is 8.08. The Morgan fingerprint density at radius 2 is 1.79 bits per heavy atom. The first-order valence-electron chi connectivity index (χ1n) is 11.4. The lowest BCUT2D eigenvalue weighted by Crippen LogP contribution is -2.23. The van der Waals surface area contributed by atoms with Crippen molar-refractivity contribution in [3.63, 3.8) is 0 Å². The van der Waals surface area contributed by atoms with Gasteiger partial charge in [-0.15, -0.1) is 5.10 Å². The maximum absolute atomic E-state index is 13.8. The molecule has 0 aliphatic rings. The molecule has 12 heteroatoms. The lowest BCUT2D eigenvalue weighted by molar-refractivity contribution is 0.0947. The van der Waals surface area contributed by atoms with Gasteiger partial charge in [-0.2, -0.15) is 9.78 Å². The summed E-state index contributed by atoms with van der Waals surface area (Å²) in [6.45, 7) is 1.84. The summed E-state index contributed by atoms with van der Waals surface area (Å²) in [6.07, 6.45) is 0. The number of carbonyl (C=O) groups excluding carboxylic acids is 1. The molecule has 0 fully saturated rings. The van der Waals surface area contributed by atoms with Gasteiger partial charge in [0, 0.05) is 11.1 Å². The van der Waals surface area contributed by atoms with Crippen LogP contribution in [0.5, 0.6) is 5.75 Å². The number of halogens is 1. The molecule has 1 amide bonds. The highest BCUT2D eigenvalue weighted by Crippen LogP contribution is 2.24. The Morgan fingerprint density at radius 3 is 2.50 bits per heavy atom. The van der Waals surface area contributed by atoms with Gasteiger partial charge in [0.2, 0.25) is 11.6 Å². The number of hydrogen-bond acceptors (Lipinski definition) is 9. The molecule has 3 aromatic carbocycles. The topological polar surface area (TPSA) is 146 Å². The van der Waals surface area contributed by atoms with E-state index in [2.05, 4.69) is 35.8 Å². The minimum Gasteiger partial charge on any atom is -0.489 e. The fourth-order valence-electron chi connectivity index (χ4n) is 3.58. The molecule has 38 heavy (non-hydrogen) atoms. The van der Waals surface area contributed by atoms with E-state index >= 15 is 0 Å². The summed E-state index contributed by atoms with van der Waals surface area (Å²) in [5.74, 6) is -0.384. The number of nitrogens with two attached hydrogens (primary N) is 1. The number of nitrogens with one attached hydrogen (secondary N) is 1. The molecule has 0 aliphatic carbocycles. The van der Waals surface area contributed by atoms with Crippen LogP contribution in [0.1, 0.15) is 28.5 Å². The van der Waals surface area contributed by atoms with E-state index in [0.717, 1.165) is 10.2 Å². The maximum atomic E-state index is 13.8. The van der Waals surface area contributed by atoms with Crippen LogP contribution in [-0.4, -0.2) is 36.9 Å². The first kappa shape index (κ1) is 24.3. The van der Waals surface area contributed by atoms with Crippen LogP contribution in [0, 0.1) is 5.82 Å². The van der Waals surface area contributed by atoms with E-state index in [1.165, 1.54) is 6.07 Å². The van der Waals surface area contributed by atoms with Crippen molar-refractivity contribution >= 4 is 17.4 Å². The number of rotatable bonds is 8. The second-order valence-corrected chi connectivity index (χ2v) is 8.08. The van der Waals surface area contributed by atoms with Crippen molar-refractivity contribution in [2.24, 2.45) is 5.10 Å². The summed E-state index contributed by atoms with van der Waals surface area (Å²) < 4.78 is 25.3. The quantitative estimate of drug-likeness (QED) is 0.236. The molecule has 11 nitrogen and oxygen atoms in total. The molecule has 2 heterocycles. The molecule has 0 saturated carbocycles. The van der Waals surface area contributed by atoms with Gasteiger partial charge in [-0.3, -0.25) is 4.79 Å². The number of carbonyl (C=O) groups is 1. The molecule has 190 valence electrons.